The van der Waals surface area contributed by atoms with Crippen LogP contribution < -0.4 is 10.5 Å². The quantitative estimate of drug-likeness (QED) is 0.825. The van der Waals surface area contributed by atoms with Crippen LogP contribution in [0.3, 0.4) is 0 Å². The Labute approximate surface area is 101 Å². The SMILES string of the molecule is NCCCn1cc(OCc2ccccc2)cn1. The molecule has 1 heterocycles. The molecule has 2 rings (SSSR count). The van der Waals surface area contributed by atoms with Crippen molar-refractivity contribution in [3.05, 3.63) is 48.3 Å². The predicted molar refractivity (Wildman–Crippen MR) is 66.7 cm³/mol. The van der Waals surface area contributed by atoms with Crippen LogP contribution in [0.25, 0.3) is 0 Å². The van der Waals surface area contributed by atoms with Gasteiger partial charge in [-0.3, -0.25) is 4.68 Å². The lowest BCUT2D eigenvalue weighted by Crippen LogP contribution is -2.05. The molecule has 2 aromatic rings. The molecule has 0 saturated carbocycles. The number of nitrogens with zero attached hydrogens (tertiary/aromatic N) is 2. The number of benzene rings is 1. The van der Waals surface area contributed by atoms with Crippen LogP contribution in [-0.4, -0.2) is 16.3 Å². The maximum absolute atomic E-state index is 5.64. The van der Waals surface area contributed by atoms with Gasteiger partial charge in [-0.25, -0.2) is 0 Å². The molecule has 4 heteroatoms. The Morgan fingerprint density at radius 2 is 2.06 bits per heavy atom. The van der Waals surface area contributed by atoms with Crippen LogP contribution in [-0.2, 0) is 13.2 Å². The van der Waals surface area contributed by atoms with Crippen molar-refractivity contribution >= 4 is 0 Å². The minimum Gasteiger partial charge on any atom is -0.486 e. The van der Waals surface area contributed by atoms with E-state index in [1.54, 1.807) is 6.20 Å². The van der Waals surface area contributed by atoms with Crippen molar-refractivity contribution in [3.8, 4) is 5.75 Å². The zero-order valence-electron chi connectivity index (χ0n) is 9.75. The number of aryl methyl sites for hydroxylation is 1. The van der Waals surface area contributed by atoms with Gasteiger partial charge in [0, 0.05) is 6.54 Å². The molecule has 17 heavy (non-hydrogen) atoms. The van der Waals surface area contributed by atoms with E-state index in [0.29, 0.717) is 13.2 Å². The molecule has 1 aromatic heterocycles. The number of rotatable bonds is 6. The van der Waals surface area contributed by atoms with Crippen molar-refractivity contribution in [1.29, 1.82) is 0 Å². The highest BCUT2D eigenvalue weighted by atomic mass is 16.5. The van der Waals surface area contributed by atoms with E-state index >= 15 is 0 Å². The molecular formula is C13H17N3O. The largest absolute Gasteiger partial charge is 0.486 e. The summed E-state index contributed by atoms with van der Waals surface area (Å²) < 4.78 is 7.49. The third-order valence-electron chi connectivity index (χ3n) is 2.45. The van der Waals surface area contributed by atoms with E-state index in [1.807, 2.05) is 41.2 Å². The summed E-state index contributed by atoms with van der Waals surface area (Å²) in [7, 11) is 0. The van der Waals surface area contributed by atoms with E-state index in [0.717, 1.165) is 24.3 Å². The predicted octanol–water partition coefficient (Wildman–Crippen LogP) is 1.81. The molecule has 0 saturated heterocycles. The summed E-state index contributed by atoms with van der Waals surface area (Å²) >= 11 is 0. The van der Waals surface area contributed by atoms with E-state index in [1.165, 1.54) is 0 Å². The first kappa shape index (κ1) is 11.7. The third-order valence-corrected chi connectivity index (χ3v) is 2.45. The maximum atomic E-state index is 5.64. The zero-order valence-corrected chi connectivity index (χ0v) is 9.75. The van der Waals surface area contributed by atoms with Gasteiger partial charge in [0.05, 0.1) is 12.4 Å². The smallest absolute Gasteiger partial charge is 0.157 e. The van der Waals surface area contributed by atoms with Gasteiger partial charge in [-0.1, -0.05) is 30.3 Å². The summed E-state index contributed by atoms with van der Waals surface area (Å²) in [5.74, 6) is 0.797. The van der Waals surface area contributed by atoms with Crippen LogP contribution in [0, 0.1) is 0 Å². The first-order chi connectivity index (χ1) is 8.38. The van der Waals surface area contributed by atoms with Crippen LogP contribution in [0.15, 0.2) is 42.7 Å². The highest BCUT2D eigenvalue weighted by Gasteiger charge is 1.99. The van der Waals surface area contributed by atoms with Crippen LogP contribution in [0.1, 0.15) is 12.0 Å². The molecule has 0 amide bonds. The molecule has 0 spiro atoms. The van der Waals surface area contributed by atoms with Crippen molar-refractivity contribution in [2.75, 3.05) is 6.54 Å². The van der Waals surface area contributed by atoms with Gasteiger partial charge in [0.2, 0.25) is 0 Å². The molecule has 0 fully saturated rings. The summed E-state index contributed by atoms with van der Waals surface area (Å²) in [5, 5.41) is 4.20. The molecule has 0 bridgehead atoms. The maximum Gasteiger partial charge on any atom is 0.157 e. The summed E-state index contributed by atoms with van der Waals surface area (Å²) in [6, 6.07) is 10.1. The first-order valence-electron chi connectivity index (χ1n) is 5.78. The Bertz CT molecular complexity index is 439. The van der Waals surface area contributed by atoms with Crippen LogP contribution in [0.2, 0.25) is 0 Å². The van der Waals surface area contributed by atoms with Gasteiger partial charge in [-0.15, -0.1) is 0 Å². The molecule has 0 aliphatic rings. The van der Waals surface area contributed by atoms with Crippen LogP contribution >= 0.6 is 0 Å². The molecule has 1 aromatic carbocycles. The van der Waals surface area contributed by atoms with Gasteiger partial charge in [0.1, 0.15) is 6.61 Å². The Balaban J connectivity index is 1.85. The number of hydrogen-bond acceptors (Lipinski definition) is 3. The van der Waals surface area contributed by atoms with Crippen molar-refractivity contribution in [2.45, 2.75) is 19.6 Å². The molecule has 4 nitrogen and oxygen atoms in total. The fraction of sp³-hybridized carbons (Fsp3) is 0.308. The molecule has 0 aliphatic heterocycles. The fourth-order valence-corrected chi connectivity index (χ4v) is 1.54. The van der Waals surface area contributed by atoms with Crippen LogP contribution in [0.4, 0.5) is 0 Å². The Morgan fingerprint density at radius 3 is 2.82 bits per heavy atom. The van der Waals surface area contributed by atoms with E-state index in [-0.39, 0.29) is 0 Å². The second-order valence-corrected chi connectivity index (χ2v) is 3.86. The van der Waals surface area contributed by atoms with E-state index in [2.05, 4.69) is 5.10 Å². The molecule has 0 atom stereocenters. The summed E-state index contributed by atoms with van der Waals surface area (Å²) in [4.78, 5) is 0. The summed E-state index contributed by atoms with van der Waals surface area (Å²) in [6.45, 7) is 2.09. The Kier molecular flexibility index (Phi) is 4.16. The molecule has 0 radical (unpaired) electrons. The van der Waals surface area contributed by atoms with Gasteiger partial charge >= 0.3 is 0 Å². The minimum atomic E-state index is 0.573. The zero-order chi connectivity index (χ0) is 11.9. The fourth-order valence-electron chi connectivity index (χ4n) is 1.54. The Hall–Kier alpha value is -1.81. The Morgan fingerprint density at radius 1 is 1.24 bits per heavy atom. The molecule has 90 valence electrons. The molecule has 0 unspecified atom stereocenters. The van der Waals surface area contributed by atoms with Gasteiger partial charge < -0.3 is 10.5 Å². The van der Waals surface area contributed by atoms with E-state index in [9.17, 15) is 0 Å². The number of ether oxygens (including phenoxy) is 1. The molecular weight excluding hydrogens is 214 g/mol. The van der Waals surface area contributed by atoms with E-state index in [4.69, 9.17) is 10.5 Å². The third kappa shape index (κ3) is 3.60. The lowest BCUT2D eigenvalue weighted by Gasteiger charge is -2.02. The highest BCUT2D eigenvalue weighted by Crippen LogP contribution is 2.11. The van der Waals surface area contributed by atoms with Gasteiger partial charge in [0.25, 0.3) is 0 Å². The average Bonchev–Trinajstić information content (AvgIpc) is 2.83. The number of nitrogens with two attached hydrogens (primary N) is 1. The second kappa shape index (κ2) is 6.06. The molecule has 2 N–H and O–H groups in total. The topological polar surface area (TPSA) is 53.1 Å². The van der Waals surface area contributed by atoms with Crippen molar-refractivity contribution in [3.63, 3.8) is 0 Å². The van der Waals surface area contributed by atoms with Gasteiger partial charge in [0.15, 0.2) is 5.75 Å². The first-order valence-corrected chi connectivity index (χ1v) is 5.78. The highest BCUT2D eigenvalue weighted by molar-refractivity contribution is 5.16. The second-order valence-electron chi connectivity index (χ2n) is 3.86. The standard InChI is InChI=1S/C13H17N3O/c14-7-4-8-16-10-13(9-15-16)17-11-12-5-2-1-3-6-12/h1-3,5-6,9-10H,4,7-8,11,14H2. The van der Waals surface area contributed by atoms with Gasteiger partial charge in [-0.05, 0) is 18.5 Å². The summed E-state index contributed by atoms with van der Waals surface area (Å²) in [6.07, 6.45) is 4.57. The lowest BCUT2D eigenvalue weighted by molar-refractivity contribution is 0.305. The van der Waals surface area contributed by atoms with Crippen LogP contribution in [0.5, 0.6) is 5.75 Å². The minimum absolute atomic E-state index is 0.573. The summed E-state index contributed by atoms with van der Waals surface area (Å²) in [5.41, 5.74) is 6.60. The monoisotopic (exact) mass is 231 g/mol. The van der Waals surface area contributed by atoms with Crippen molar-refractivity contribution in [1.82, 2.24) is 9.78 Å². The van der Waals surface area contributed by atoms with Crippen molar-refractivity contribution < 1.29 is 4.74 Å². The molecule has 0 aliphatic carbocycles. The number of aromatic nitrogens is 2. The lowest BCUT2D eigenvalue weighted by atomic mass is 10.2. The van der Waals surface area contributed by atoms with E-state index < -0.39 is 0 Å². The van der Waals surface area contributed by atoms with Gasteiger partial charge in [-0.2, -0.15) is 5.10 Å². The number of hydrogen-bond donors (Lipinski definition) is 1. The normalized spacial score (nSPS) is 10.4. The average molecular weight is 231 g/mol. The van der Waals surface area contributed by atoms with Crippen molar-refractivity contribution in [2.24, 2.45) is 5.73 Å².